The highest BCUT2D eigenvalue weighted by atomic mass is 16.5. The average molecular weight is 248 g/mol. The minimum absolute atomic E-state index is 0.458. The van der Waals surface area contributed by atoms with Gasteiger partial charge in [0.2, 0.25) is 0 Å². The molecule has 18 heavy (non-hydrogen) atoms. The lowest BCUT2D eigenvalue weighted by Gasteiger charge is -2.30. The van der Waals surface area contributed by atoms with Crippen LogP contribution in [0.3, 0.4) is 0 Å². The zero-order valence-corrected chi connectivity index (χ0v) is 11.5. The molecule has 2 heterocycles. The molecule has 1 fully saturated rings. The third-order valence-corrected chi connectivity index (χ3v) is 3.70. The van der Waals surface area contributed by atoms with Crippen molar-refractivity contribution in [2.75, 3.05) is 6.61 Å². The van der Waals surface area contributed by atoms with Crippen LogP contribution in [0.25, 0.3) is 0 Å². The zero-order valence-electron chi connectivity index (χ0n) is 11.5. The topological polar surface area (TPSA) is 34.2 Å². The maximum atomic E-state index is 5.77. The van der Waals surface area contributed by atoms with Crippen molar-refractivity contribution in [2.45, 2.75) is 58.2 Å². The summed E-state index contributed by atoms with van der Waals surface area (Å²) in [6.45, 7) is 6.18. The molecule has 1 aliphatic rings. The van der Waals surface area contributed by atoms with E-state index >= 15 is 0 Å². The molecule has 1 aromatic rings. The Hall–Kier alpha value is -0.930. The fraction of sp³-hybridized carbons (Fsp3) is 0.667. The highest BCUT2D eigenvalue weighted by Gasteiger charge is 2.21. The van der Waals surface area contributed by atoms with Gasteiger partial charge in [-0.15, -0.1) is 0 Å². The van der Waals surface area contributed by atoms with Crippen molar-refractivity contribution in [3.8, 4) is 0 Å². The number of aromatic nitrogens is 1. The van der Waals surface area contributed by atoms with E-state index < -0.39 is 0 Å². The van der Waals surface area contributed by atoms with Gasteiger partial charge in [0.15, 0.2) is 0 Å². The molecule has 100 valence electrons. The van der Waals surface area contributed by atoms with Crippen LogP contribution in [-0.4, -0.2) is 23.7 Å². The van der Waals surface area contributed by atoms with Crippen molar-refractivity contribution < 1.29 is 4.74 Å². The highest BCUT2D eigenvalue weighted by Crippen LogP contribution is 2.18. The molecule has 2 unspecified atom stereocenters. The quantitative estimate of drug-likeness (QED) is 0.870. The van der Waals surface area contributed by atoms with Gasteiger partial charge in [0.05, 0.1) is 6.10 Å². The molecule has 3 heteroatoms. The number of nitrogens with one attached hydrogen (secondary N) is 1. The molecule has 3 nitrogen and oxygen atoms in total. The van der Waals surface area contributed by atoms with Crippen molar-refractivity contribution in [1.29, 1.82) is 0 Å². The van der Waals surface area contributed by atoms with E-state index in [0.29, 0.717) is 12.1 Å². The zero-order chi connectivity index (χ0) is 12.8. The molecule has 1 N–H and O–H groups in total. The van der Waals surface area contributed by atoms with Gasteiger partial charge in [0.1, 0.15) is 0 Å². The first-order valence-electron chi connectivity index (χ1n) is 7.04. The molecule has 0 aliphatic carbocycles. The molecule has 0 radical (unpaired) electrons. The lowest BCUT2D eigenvalue weighted by molar-refractivity contribution is -0.00343. The largest absolute Gasteiger partial charge is 0.378 e. The van der Waals surface area contributed by atoms with E-state index in [1.54, 1.807) is 0 Å². The van der Waals surface area contributed by atoms with E-state index in [-0.39, 0.29) is 0 Å². The maximum Gasteiger partial charge on any atom is 0.0589 e. The van der Waals surface area contributed by atoms with Gasteiger partial charge in [-0.05, 0) is 43.4 Å². The minimum atomic E-state index is 0.458. The molecule has 0 amide bonds. The summed E-state index contributed by atoms with van der Waals surface area (Å²) >= 11 is 0. The van der Waals surface area contributed by atoms with E-state index in [1.807, 2.05) is 12.4 Å². The van der Waals surface area contributed by atoms with E-state index in [2.05, 4.69) is 30.2 Å². The van der Waals surface area contributed by atoms with Crippen LogP contribution in [0.15, 0.2) is 18.5 Å². The van der Waals surface area contributed by atoms with Crippen LogP contribution < -0.4 is 5.32 Å². The molecular weight excluding hydrogens is 224 g/mol. The monoisotopic (exact) mass is 248 g/mol. The summed E-state index contributed by atoms with van der Waals surface area (Å²) in [5.74, 6) is 0. The maximum absolute atomic E-state index is 5.77. The van der Waals surface area contributed by atoms with Crippen molar-refractivity contribution in [3.05, 3.63) is 29.6 Å². The molecule has 2 atom stereocenters. The van der Waals surface area contributed by atoms with E-state index in [9.17, 15) is 0 Å². The first kappa shape index (κ1) is 13.5. The number of rotatable bonds is 5. The van der Waals surface area contributed by atoms with Gasteiger partial charge >= 0.3 is 0 Å². The molecule has 1 saturated heterocycles. The highest BCUT2D eigenvalue weighted by molar-refractivity contribution is 5.21. The predicted molar refractivity (Wildman–Crippen MR) is 73.5 cm³/mol. The standard InChI is InChI=1S/C15H24N2O/c1-3-4-15-9-14(6-8-18-15)17-11-13-5-7-16-10-12(13)2/h5,7,10,14-15,17H,3-4,6,8-9,11H2,1-2H3. The van der Waals surface area contributed by atoms with Crippen molar-refractivity contribution >= 4 is 0 Å². The Morgan fingerprint density at radius 2 is 2.39 bits per heavy atom. The van der Waals surface area contributed by atoms with Crippen LogP contribution in [-0.2, 0) is 11.3 Å². The second-order valence-corrected chi connectivity index (χ2v) is 5.19. The van der Waals surface area contributed by atoms with Crippen LogP contribution in [0, 0.1) is 6.92 Å². The number of pyridine rings is 1. The predicted octanol–water partition coefficient (Wildman–Crippen LogP) is 2.83. The van der Waals surface area contributed by atoms with E-state index in [1.165, 1.54) is 24.0 Å². The summed E-state index contributed by atoms with van der Waals surface area (Å²) in [5.41, 5.74) is 2.62. The van der Waals surface area contributed by atoms with Gasteiger partial charge in [-0.3, -0.25) is 4.98 Å². The summed E-state index contributed by atoms with van der Waals surface area (Å²) in [7, 11) is 0. The lowest BCUT2D eigenvalue weighted by Crippen LogP contribution is -2.38. The summed E-state index contributed by atoms with van der Waals surface area (Å²) < 4.78 is 5.77. The third-order valence-electron chi connectivity index (χ3n) is 3.70. The number of aryl methyl sites for hydroxylation is 1. The van der Waals surface area contributed by atoms with Crippen molar-refractivity contribution in [2.24, 2.45) is 0 Å². The van der Waals surface area contributed by atoms with E-state index in [4.69, 9.17) is 4.74 Å². The Bertz CT molecular complexity index is 365. The van der Waals surface area contributed by atoms with E-state index in [0.717, 1.165) is 26.0 Å². The molecular formula is C15H24N2O. The average Bonchev–Trinajstić information content (AvgIpc) is 2.39. The fourth-order valence-corrected chi connectivity index (χ4v) is 2.54. The fourth-order valence-electron chi connectivity index (χ4n) is 2.54. The molecule has 0 aromatic carbocycles. The normalized spacial score (nSPS) is 24.1. The molecule has 2 rings (SSSR count). The van der Waals surface area contributed by atoms with Gasteiger partial charge in [0, 0.05) is 31.6 Å². The lowest BCUT2D eigenvalue weighted by atomic mass is 9.99. The Kier molecular flexibility index (Phi) is 5.14. The SMILES string of the molecule is CCCC1CC(NCc2ccncc2C)CCO1. The summed E-state index contributed by atoms with van der Waals surface area (Å²) in [4.78, 5) is 4.13. The smallest absolute Gasteiger partial charge is 0.0589 e. The number of hydrogen-bond donors (Lipinski definition) is 1. The second-order valence-electron chi connectivity index (χ2n) is 5.19. The first-order chi connectivity index (χ1) is 8.79. The van der Waals surface area contributed by atoms with Gasteiger partial charge in [-0.25, -0.2) is 0 Å². The van der Waals surface area contributed by atoms with Crippen LogP contribution in [0.1, 0.15) is 43.7 Å². The summed E-state index contributed by atoms with van der Waals surface area (Å²) in [5, 5.41) is 3.66. The molecule has 1 aromatic heterocycles. The van der Waals surface area contributed by atoms with Crippen molar-refractivity contribution in [1.82, 2.24) is 10.3 Å². The Labute approximate surface area is 110 Å². The van der Waals surface area contributed by atoms with Crippen LogP contribution >= 0.6 is 0 Å². The van der Waals surface area contributed by atoms with Gasteiger partial charge in [0.25, 0.3) is 0 Å². The Morgan fingerprint density at radius 3 is 3.17 bits per heavy atom. The second kappa shape index (κ2) is 6.86. The van der Waals surface area contributed by atoms with Gasteiger partial charge < -0.3 is 10.1 Å². The van der Waals surface area contributed by atoms with Crippen LogP contribution in [0.5, 0.6) is 0 Å². The summed E-state index contributed by atoms with van der Waals surface area (Å²) in [6.07, 6.45) is 8.93. The molecule has 0 spiro atoms. The van der Waals surface area contributed by atoms with Gasteiger partial charge in [-0.1, -0.05) is 13.3 Å². The molecule has 0 bridgehead atoms. The van der Waals surface area contributed by atoms with Crippen LogP contribution in [0.4, 0.5) is 0 Å². The van der Waals surface area contributed by atoms with Crippen molar-refractivity contribution in [3.63, 3.8) is 0 Å². The molecule has 0 saturated carbocycles. The Morgan fingerprint density at radius 1 is 1.50 bits per heavy atom. The third kappa shape index (κ3) is 3.79. The molecule has 1 aliphatic heterocycles. The number of ether oxygens (including phenoxy) is 1. The first-order valence-corrected chi connectivity index (χ1v) is 7.04. The van der Waals surface area contributed by atoms with Gasteiger partial charge in [-0.2, -0.15) is 0 Å². The van der Waals surface area contributed by atoms with Crippen LogP contribution in [0.2, 0.25) is 0 Å². The number of hydrogen-bond acceptors (Lipinski definition) is 3. The summed E-state index contributed by atoms with van der Waals surface area (Å²) in [6, 6.07) is 2.70. The minimum Gasteiger partial charge on any atom is -0.378 e. The number of nitrogens with zero attached hydrogens (tertiary/aromatic N) is 1. The Balaban J connectivity index is 1.81.